The van der Waals surface area contributed by atoms with Gasteiger partial charge < -0.3 is 19.7 Å². The Morgan fingerprint density at radius 3 is 2.45 bits per heavy atom. The molecule has 29 heavy (non-hydrogen) atoms. The van der Waals surface area contributed by atoms with Crippen LogP contribution in [0.1, 0.15) is 37.7 Å². The molecule has 1 fully saturated rings. The molecule has 156 valence electrons. The highest BCUT2D eigenvalue weighted by Gasteiger charge is 2.27. The average molecular weight is 402 g/mol. The lowest BCUT2D eigenvalue weighted by atomic mass is 9.93. The van der Waals surface area contributed by atoms with Crippen LogP contribution in [0.4, 0.5) is 10.1 Å². The third-order valence-electron chi connectivity index (χ3n) is 5.60. The summed E-state index contributed by atoms with van der Waals surface area (Å²) in [4.78, 5) is 14.1. The number of hydrogen-bond acceptors (Lipinski definition) is 3. The number of amides is 1. The SMILES string of the molecule is COc1ccc(OC)c(NC(=O)C[NH+](Cc2ccc(F)cc2)C2CCCCC2)c1. The van der Waals surface area contributed by atoms with E-state index in [0.717, 1.165) is 18.4 Å². The van der Waals surface area contributed by atoms with Crippen LogP contribution in [-0.4, -0.2) is 32.7 Å². The summed E-state index contributed by atoms with van der Waals surface area (Å²) >= 11 is 0. The minimum Gasteiger partial charge on any atom is -0.497 e. The molecule has 1 atom stereocenters. The first kappa shape index (κ1) is 21.1. The molecule has 2 N–H and O–H groups in total. The van der Waals surface area contributed by atoms with Gasteiger partial charge in [-0.15, -0.1) is 0 Å². The summed E-state index contributed by atoms with van der Waals surface area (Å²) in [5, 5.41) is 2.98. The Hall–Kier alpha value is -2.60. The topological polar surface area (TPSA) is 52.0 Å². The van der Waals surface area contributed by atoms with Crippen LogP contribution in [0.15, 0.2) is 42.5 Å². The lowest BCUT2D eigenvalue weighted by Crippen LogP contribution is -3.15. The molecule has 6 heteroatoms. The van der Waals surface area contributed by atoms with Crippen molar-refractivity contribution < 1.29 is 23.6 Å². The summed E-state index contributed by atoms with van der Waals surface area (Å²) in [5.41, 5.74) is 1.64. The smallest absolute Gasteiger partial charge is 0.279 e. The highest BCUT2D eigenvalue weighted by Crippen LogP contribution is 2.28. The van der Waals surface area contributed by atoms with E-state index in [1.807, 2.05) is 0 Å². The van der Waals surface area contributed by atoms with Gasteiger partial charge in [0.2, 0.25) is 0 Å². The molecule has 0 bridgehead atoms. The maximum Gasteiger partial charge on any atom is 0.279 e. The van der Waals surface area contributed by atoms with Crippen molar-refractivity contribution in [3.8, 4) is 11.5 Å². The van der Waals surface area contributed by atoms with E-state index in [1.54, 1.807) is 44.6 Å². The van der Waals surface area contributed by atoms with Crippen molar-refractivity contribution in [3.05, 3.63) is 53.8 Å². The first-order valence-corrected chi connectivity index (χ1v) is 10.2. The molecule has 0 aliphatic heterocycles. The van der Waals surface area contributed by atoms with Crippen molar-refractivity contribution >= 4 is 11.6 Å². The monoisotopic (exact) mass is 401 g/mol. The maximum atomic E-state index is 13.3. The maximum absolute atomic E-state index is 13.3. The minimum absolute atomic E-state index is 0.0701. The number of quaternary nitrogens is 1. The Morgan fingerprint density at radius 1 is 1.07 bits per heavy atom. The van der Waals surface area contributed by atoms with E-state index in [4.69, 9.17) is 9.47 Å². The van der Waals surface area contributed by atoms with Gasteiger partial charge in [0, 0.05) is 11.6 Å². The zero-order chi connectivity index (χ0) is 20.6. The van der Waals surface area contributed by atoms with Crippen LogP contribution in [0, 0.1) is 5.82 Å². The van der Waals surface area contributed by atoms with Gasteiger partial charge in [0.15, 0.2) is 6.54 Å². The third kappa shape index (κ3) is 5.94. The van der Waals surface area contributed by atoms with Gasteiger partial charge >= 0.3 is 0 Å². The van der Waals surface area contributed by atoms with Gasteiger partial charge in [-0.2, -0.15) is 0 Å². The van der Waals surface area contributed by atoms with Gasteiger partial charge in [0.25, 0.3) is 5.91 Å². The number of carbonyl (C=O) groups is 1. The summed E-state index contributed by atoms with van der Waals surface area (Å²) in [7, 11) is 3.16. The summed E-state index contributed by atoms with van der Waals surface area (Å²) in [6, 6.07) is 12.3. The molecular weight excluding hydrogens is 371 g/mol. The summed E-state index contributed by atoms with van der Waals surface area (Å²) in [6.45, 7) is 1.05. The molecule has 0 radical (unpaired) electrons. The predicted molar refractivity (Wildman–Crippen MR) is 111 cm³/mol. The van der Waals surface area contributed by atoms with E-state index in [-0.39, 0.29) is 11.7 Å². The lowest BCUT2D eigenvalue weighted by molar-refractivity contribution is -0.932. The molecule has 0 spiro atoms. The normalized spacial score (nSPS) is 15.6. The van der Waals surface area contributed by atoms with Crippen LogP contribution in [0.25, 0.3) is 0 Å². The number of carbonyl (C=O) groups excluding carboxylic acids is 1. The van der Waals surface area contributed by atoms with Crippen molar-refractivity contribution in [2.75, 3.05) is 26.1 Å². The second-order valence-corrected chi connectivity index (χ2v) is 7.59. The summed E-state index contributed by atoms with van der Waals surface area (Å²) in [5.74, 6) is 0.941. The zero-order valence-electron chi connectivity index (χ0n) is 17.2. The lowest BCUT2D eigenvalue weighted by Gasteiger charge is -2.31. The predicted octanol–water partition coefficient (Wildman–Crippen LogP) is 3.20. The molecule has 1 aliphatic carbocycles. The molecule has 1 amide bonds. The first-order valence-electron chi connectivity index (χ1n) is 10.2. The Bertz CT molecular complexity index is 804. The van der Waals surface area contributed by atoms with E-state index in [0.29, 0.717) is 36.3 Å². The Kier molecular flexibility index (Phi) is 7.47. The van der Waals surface area contributed by atoms with Crippen LogP contribution < -0.4 is 19.7 Å². The van der Waals surface area contributed by atoms with Crippen LogP contribution >= 0.6 is 0 Å². The zero-order valence-corrected chi connectivity index (χ0v) is 17.2. The number of hydrogen-bond donors (Lipinski definition) is 2. The second kappa shape index (κ2) is 10.3. The quantitative estimate of drug-likeness (QED) is 0.714. The Balaban J connectivity index is 1.72. The molecule has 3 rings (SSSR count). The number of nitrogens with one attached hydrogen (secondary N) is 2. The highest BCUT2D eigenvalue weighted by atomic mass is 19.1. The average Bonchev–Trinajstić information content (AvgIpc) is 2.75. The van der Waals surface area contributed by atoms with Gasteiger partial charge in [-0.05, 0) is 49.9 Å². The standard InChI is InChI=1S/C23H29FN2O3/c1-28-20-12-13-22(29-2)21(14-20)25-23(27)16-26(19-6-4-3-5-7-19)15-17-8-10-18(24)11-9-17/h8-14,19H,3-7,15-16H2,1-2H3,(H,25,27)/p+1. The van der Waals surface area contributed by atoms with Gasteiger partial charge in [-0.25, -0.2) is 4.39 Å². The van der Waals surface area contributed by atoms with E-state index in [9.17, 15) is 9.18 Å². The summed E-state index contributed by atoms with van der Waals surface area (Å²) in [6.07, 6.45) is 5.89. The van der Waals surface area contributed by atoms with Gasteiger partial charge in [-0.3, -0.25) is 4.79 Å². The second-order valence-electron chi connectivity index (χ2n) is 7.59. The Labute approximate surface area is 171 Å². The fourth-order valence-corrected chi connectivity index (χ4v) is 4.04. The Morgan fingerprint density at radius 2 is 1.79 bits per heavy atom. The number of benzene rings is 2. The van der Waals surface area contributed by atoms with E-state index >= 15 is 0 Å². The molecular formula is C23H30FN2O3+. The van der Waals surface area contributed by atoms with Crippen molar-refractivity contribution in [1.82, 2.24) is 0 Å². The molecule has 1 aliphatic rings. The largest absolute Gasteiger partial charge is 0.497 e. The molecule has 1 unspecified atom stereocenters. The number of halogens is 1. The summed E-state index contributed by atoms with van der Waals surface area (Å²) < 4.78 is 23.9. The highest BCUT2D eigenvalue weighted by molar-refractivity contribution is 5.93. The molecule has 0 heterocycles. The van der Waals surface area contributed by atoms with Crippen LogP contribution in [-0.2, 0) is 11.3 Å². The van der Waals surface area contributed by atoms with E-state index < -0.39 is 0 Å². The number of ether oxygens (including phenoxy) is 2. The molecule has 0 saturated heterocycles. The van der Waals surface area contributed by atoms with Crippen molar-refractivity contribution in [1.29, 1.82) is 0 Å². The molecule has 2 aromatic rings. The van der Waals surface area contributed by atoms with Gasteiger partial charge in [0.1, 0.15) is 23.9 Å². The number of methoxy groups -OCH3 is 2. The van der Waals surface area contributed by atoms with Crippen LogP contribution in [0.2, 0.25) is 0 Å². The number of rotatable bonds is 8. The molecule has 0 aromatic heterocycles. The van der Waals surface area contributed by atoms with Crippen molar-refractivity contribution in [2.24, 2.45) is 0 Å². The minimum atomic E-state index is -0.240. The fraction of sp³-hybridized carbons (Fsp3) is 0.435. The third-order valence-corrected chi connectivity index (χ3v) is 5.60. The van der Waals surface area contributed by atoms with Crippen LogP contribution in [0.3, 0.4) is 0 Å². The van der Waals surface area contributed by atoms with E-state index in [1.165, 1.54) is 36.3 Å². The van der Waals surface area contributed by atoms with Crippen molar-refractivity contribution in [3.63, 3.8) is 0 Å². The molecule has 5 nitrogen and oxygen atoms in total. The molecule has 2 aromatic carbocycles. The number of anilines is 1. The fourth-order valence-electron chi connectivity index (χ4n) is 4.04. The van der Waals surface area contributed by atoms with E-state index in [2.05, 4.69) is 5.32 Å². The van der Waals surface area contributed by atoms with Gasteiger partial charge in [-0.1, -0.05) is 18.6 Å². The van der Waals surface area contributed by atoms with Crippen LogP contribution in [0.5, 0.6) is 11.5 Å². The first-order chi connectivity index (χ1) is 14.1. The van der Waals surface area contributed by atoms with Gasteiger partial charge in [0.05, 0.1) is 25.9 Å². The van der Waals surface area contributed by atoms with Crippen molar-refractivity contribution in [2.45, 2.75) is 44.7 Å². The molecule has 1 saturated carbocycles.